The molecule has 3 aromatic heterocycles. The van der Waals surface area contributed by atoms with Crippen LogP contribution in [0.2, 0.25) is 0 Å². The van der Waals surface area contributed by atoms with Crippen LogP contribution >= 0.6 is 0 Å². The Bertz CT molecular complexity index is 1210. The fraction of sp³-hybridized carbons (Fsp3) is 0.333. The second-order valence-electron chi connectivity index (χ2n) is 8.20. The van der Waals surface area contributed by atoms with Crippen molar-refractivity contribution in [2.75, 3.05) is 23.7 Å². The average molecular weight is 430 g/mol. The van der Waals surface area contributed by atoms with Crippen molar-refractivity contribution in [3.63, 3.8) is 0 Å². The summed E-state index contributed by atoms with van der Waals surface area (Å²) >= 11 is 0. The third-order valence-electron chi connectivity index (χ3n) is 6.04. The molecule has 1 aliphatic heterocycles. The van der Waals surface area contributed by atoms with Gasteiger partial charge in [-0.15, -0.1) is 0 Å². The number of nitrogens with two attached hydrogens (primary N) is 1. The number of nitrogen functional groups attached to an aromatic ring is 1. The predicted octanol–water partition coefficient (Wildman–Crippen LogP) is 3.62. The van der Waals surface area contributed by atoms with Gasteiger partial charge >= 0.3 is 0 Å². The number of anilines is 2. The molecule has 0 bridgehead atoms. The lowest BCUT2D eigenvalue weighted by Gasteiger charge is -2.32. The number of rotatable bonds is 5. The maximum Gasteiger partial charge on any atom is 0.242 e. The van der Waals surface area contributed by atoms with Gasteiger partial charge in [-0.05, 0) is 29.7 Å². The van der Waals surface area contributed by atoms with Gasteiger partial charge in [-0.25, -0.2) is 15.0 Å². The summed E-state index contributed by atoms with van der Waals surface area (Å²) in [6, 6.07) is 7.83. The summed E-state index contributed by atoms with van der Waals surface area (Å²) in [7, 11) is 2.00. The van der Waals surface area contributed by atoms with Crippen LogP contribution in [0, 0.1) is 0 Å². The molecule has 2 N–H and O–H groups in total. The molecule has 0 spiro atoms. The zero-order valence-corrected chi connectivity index (χ0v) is 18.4. The van der Waals surface area contributed by atoms with E-state index in [9.17, 15) is 0 Å². The van der Waals surface area contributed by atoms with E-state index in [-0.39, 0.29) is 6.10 Å². The number of aryl methyl sites for hydroxylation is 2. The summed E-state index contributed by atoms with van der Waals surface area (Å²) in [4.78, 5) is 20.3. The second kappa shape index (κ2) is 8.45. The number of hydrogen-bond donors (Lipinski definition) is 1. The summed E-state index contributed by atoms with van der Waals surface area (Å²) in [5, 5.41) is 0. The van der Waals surface area contributed by atoms with Gasteiger partial charge in [-0.2, -0.15) is 4.98 Å². The Morgan fingerprint density at radius 1 is 1.03 bits per heavy atom. The Morgan fingerprint density at radius 2 is 1.75 bits per heavy atom. The minimum absolute atomic E-state index is 0.0918. The van der Waals surface area contributed by atoms with Crippen LogP contribution in [0.1, 0.15) is 25.3 Å². The van der Waals surface area contributed by atoms with Gasteiger partial charge in [-0.3, -0.25) is 0 Å². The first-order chi connectivity index (χ1) is 15.6. The molecule has 5 rings (SSSR count). The summed E-state index contributed by atoms with van der Waals surface area (Å²) in [5.74, 6) is 1.42. The van der Waals surface area contributed by atoms with E-state index in [1.807, 2.05) is 48.3 Å². The first kappa shape index (κ1) is 20.2. The molecule has 1 fully saturated rings. The standard InChI is InChI=1S/C24H27N7O/c1-3-16-12-26-24(27-13-16)31-10-8-19(9-11-31)32-23-22-21(28-15-29-23)20(14-30(22)2)17-4-6-18(25)7-5-17/h4-7,12-15,19H,3,8-11,25H2,1-2H3. The van der Waals surface area contributed by atoms with E-state index >= 15 is 0 Å². The molecular weight excluding hydrogens is 402 g/mol. The van der Waals surface area contributed by atoms with Crippen molar-refractivity contribution in [3.05, 3.63) is 54.7 Å². The molecule has 0 aliphatic carbocycles. The predicted molar refractivity (Wildman–Crippen MR) is 126 cm³/mol. The zero-order valence-electron chi connectivity index (χ0n) is 18.4. The molecule has 0 amide bonds. The van der Waals surface area contributed by atoms with Crippen LogP contribution in [0.15, 0.2) is 49.2 Å². The van der Waals surface area contributed by atoms with E-state index in [0.29, 0.717) is 5.88 Å². The van der Waals surface area contributed by atoms with Gasteiger partial charge in [0.25, 0.3) is 0 Å². The summed E-state index contributed by atoms with van der Waals surface area (Å²) in [5.41, 5.74) is 11.6. The fourth-order valence-electron chi connectivity index (χ4n) is 4.18. The van der Waals surface area contributed by atoms with Gasteiger partial charge in [-0.1, -0.05) is 19.1 Å². The van der Waals surface area contributed by atoms with Crippen LogP contribution in [-0.4, -0.2) is 43.7 Å². The van der Waals surface area contributed by atoms with E-state index in [0.717, 1.165) is 71.7 Å². The topological polar surface area (TPSA) is 95.0 Å². The van der Waals surface area contributed by atoms with E-state index in [1.165, 1.54) is 0 Å². The smallest absolute Gasteiger partial charge is 0.242 e. The highest BCUT2D eigenvalue weighted by Crippen LogP contribution is 2.33. The van der Waals surface area contributed by atoms with Crippen molar-refractivity contribution < 1.29 is 4.74 Å². The van der Waals surface area contributed by atoms with E-state index < -0.39 is 0 Å². The van der Waals surface area contributed by atoms with Crippen molar-refractivity contribution >= 4 is 22.7 Å². The van der Waals surface area contributed by atoms with E-state index in [4.69, 9.17) is 10.5 Å². The number of ether oxygens (including phenoxy) is 1. The number of piperidine rings is 1. The minimum Gasteiger partial charge on any atom is -0.473 e. The third-order valence-corrected chi connectivity index (χ3v) is 6.04. The van der Waals surface area contributed by atoms with Crippen molar-refractivity contribution in [2.45, 2.75) is 32.3 Å². The molecule has 0 atom stereocenters. The van der Waals surface area contributed by atoms with Crippen LogP contribution in [0.25, 0.3) is 22.2 Å². The largest absolute Gasteiger partial charge is 0.473 e. The van der Waals surface area contributed by atoms with Gasteiger partial charge < -0.3 is 19.9 Å². The molecule has 4 aromatic rings. The molecule has 0 radical (unpaired) electrons. The first-order valence-electron chi connectivity index (χ1n) is 11.0. The lowest BCUT2D eigenvalue weighted by molar-refractivity contribution is 0.165. The van der Waals surface area contributed by atoms with E-state index in [1.54, 1.807) is 6.33 Å². The van der Waals surface area contributed by atoms with Crippen molar-refractivity contribution in [1.82, 2.24) is 24.5 Å². The Morgan fingerprint density at radius 3 is 2.44 bits per heavy atom. The van der Waals surface area contributed by atoms with E-state index in [2.05, 4.69) is 38.0 Å². The number of hydrogen-bond acceptors (Lipinski definition) is 7. The molecular formula is C24H27N7O. The molecule has 4 heterocycles. The number of fused-ring (bicyclic) bond motifs is 1. The number of benzene rings is 1. The van der Waals surface area contributed by atoms with Crippen LogP contribution < -0.4 is 15.4 Å². The number of aromatic nitrogens is 5. The van der Waals surface area contributed by atoms with Crippen LogP contribution in [0.4, 0.5) is 11.6 Å². The van der Waals surface area contributed by atoms with Gasteiger partial charge in [0.05, 0.1) is 0 Å². The zero-order chi connectivity index (χ0) is 22.1. The highest BCUT2D eigenvalue weighted by atomic mass is 16.5. The Hall–Kier alpha value is -3.68. The van der Waals surface area contributed by atoms with Gasteiger partial charge in [0, 0.05) is 62.8 Å². The molecule has 8 nitrogen and oxygen atoms in total. The van der Waals surface area contributed by atoms with Crippen molar-refractivity contribution in [3.8, 4) is 17.0 Å². The number of nitrogens with zero attached hydrogens (tertiary/aromatic N) is 6. The molecule has 8 heteroatoms. The van der Waals surface area contributed by atoms with Crippen molar-refractivity contribution in [1.29, 1.82) is 0 Å². The maximum absolute atomic E-state index is 6.38. The molecule has 32 heavy (non-hydrogen) atoms. The quantitative estimate of drug-likeness (QED) is 0.484. The molecule has 1 saturated heterocycles. The van der Waals surface area contributed by atoms with Crippen LogP contribution in [0.3, 0.4) is 0 Å². The Labute approximate surface area is 187 Å². The maximum atomic E-state index is 6.38. The summed E-state index contributed by atoms with van der Waals surface area (Å²) in [6.07, 6.45) is 10.3. The molecule has 1 aliphatic rings. The Kier molecular flexibility index (Phi) is 5.34. The van der Waals surface area contributed by atoms with Crippen LogP contribution in [0.5, 0.6) is 5.88 Å². The highest BCUT2D eigenvalue weighted by molar-refractivity contribution is 5.95. The molecule has 164 valence electrons. The fourth-order valence-corrected chi connectivity index (χ4v) is 4.18. The lowest BCUT2D eigenvalue weighted by atomic mass is 10.1. The van der Waals surface area contributed by atoms with Gasteiger partial charge in [0.1, 0.15) is 23.5 Å². The normalized spacial score (nSPS) is 14.8. The van der Waals surface area contributed by atoms with Crippen LogP contribution in [-0.2, 0) is 13.5 Å². The molecule has 0 saturated carbocycles. The summed E-state index contributed by atoms with van der Waals surface area (Å²) in [6.45, 7) is 3.82. The molecule has 1 aromatic carbocycles. The SMILES string of the molecule is CCc1cnc(N2CCC(Oc3ncnc4c(-c5ccc(N)cc5)cn(C)c34)CC2)nc1. The second-order valence-corrected chi connectivity index (χ2v) is 8.20. The highest BCUT2D eigenvalue weighted by Gasteiger charge is 2.24. The molecule has 0 unspecified atom stereocenters. The van der Waals surface area contributed by atoms with Gasteiger partial charge in [0.2, 0.25) is 11.8 Å². The van der Waals surface area contributed by atoms with Gasteiger partial charge in [0.15, 0.2) is 0 Å². The lowest BCUT2D eigenvalue weighted by Crippen LogP contribution is -2.39. The average Bonchev–Trinajstić information content (AvgIpc) is 3.17. The van der Waals surface area contributed by atoms with Crippen molar-refractivity contribution in [2.24, 2.45) is 7.05 Å². The third kappa shape index (κ3) is 3.84. The monoisotopic (exact) mass is 429 g/mol. The minimum atomic E-state index is 0.0918. The Balaban J connectivity index is 1.33. The first-order valence-corrected chi connectivity index (χ1v) is 11.0. The summed E-state index contributed by atoms with van der Waals surface area (Å²) < 4.78 is 8.42.